The zero-order valence-corrected chi connectivity index (χ0v) is 16.4. The summed E-state index contributed by atoms with van der Waals surface area (Å²) in [6.07, 6.45) is -4.14. The van der Waals surface area contributed by atoms with Crippen LogP contribution in [0, 0.1) is 6.92 Å². The third kappa shape index (κ3) is 4.14. The second-order valence-electron chi connectivity index (χ2n) is 6.83. The van der Waals surface area contributed by atoms with Crippen LogP contribution in [0.4, 0.5) is 13.2 Å². The van der Waals surface area contributed by atoms with Crippen molar-refractivity contribution in [3.63, 3.8) is 0 Å². The number of fused-ring (bicyclic) bond motifs is 1. The van der Waals surface area contributed by atoms with Gasteiger partial charge in [-0.1, -0.05) is 24.3 Å². The summed E-state index contributed by atoms with van der Waals surface area (Å²) >= 11 is 0. The van der Waals surface area contributed by atoms with Gasteiger partial charge in [0, 0.05) is 29.4 Å². The predicted octanol–water partition coefficient (Wildman–Crippen LogP) is 4.05. The molecule has 1 N–H and O–H groups in total. The van der Waals surface area contributed by atoms with Crippen molar-refractivity contribution in [2.24, 2.45) is 0 Å². The molecule has 0 aliphatic carbocycles. The highest BCUT2D eigenvalue weighted by molar-refractivity contribution is 7.90. The lowest BCUT2D eigenvalue weighted by Crippen LogP contribution is -2.14. The van der Waals surface area contributed by atoms with Gasteiger partial charge in [-0.25, -0.2) is 8.42 Å². The Hall–Kier alpha value is -2.81. The summed E-state index contributed by atoms with van der Waals surface area (Å²) < 4.78 is 65.9. The van der Waals surface area contributed by atoms with E-state index in [1.54, 1.807) is 35.8 Å². The number of para-hydroxylation sites is 1. The third-order valence-corrected chi connectivity index (χ3v) is 5.94. The first-order chi connectivity index (χ1) is 13.4. The molecule has 0 aliphatic rings. The van der Waals surface area contributed by atoms with Gasteiger partial charge in [-0.05, 0) is 36.2 Å². The molecule has 0 radical (unpaired) electrons. The van der Waals surface area contributed by atoms with Crippen molar-refractivity contribution in [2.45, 2.75) is 31.0 Å². The first kappa shape index (κ1) is 20.9. The molecule has 0 unspecified atom stereocenters. The van der Waals surface area contributed by atoms with E-state index in [9.17, 15) is 31.5 Å². The number of sulfone groups is 1. The first-order valence-electron chi connectivity index (χ1n) is 8.58. The number of carboxylic acid groups (broad SMARTS) is 1. The largest absolute Gasteiger partial charge is 0.481 e. The van der Waals surface area contributed by atoms with Gasteiger partial charge in [0.15, 0.2) is 9.84 Å². The molecule has 1 heterocycles. The number of aromatic nitrogens is 1. The van der Waals surface area contributed by atoms with E-state index in [4.69, 9.17) is 0 Å². The first-order valence-corrected chi connectivity index (χ1v) is 10.5. The standard InChI is InChI=1S/C20H18F3NO4S/c1-12-16(10-19(25)26)15-5-3-4-6-18(15)24(12)11-13-7-8-14(29(2,27)28)9-17(13)20(21,22)23/h3-9H,10-11H2,1-2H3,(H,25,26). The minimum Gasteiger partial charge on any atom is -0.481 e. The molecular formula is C20H18F3NO4S. The van der Waals surface area contributed by atoms with E-state index < -0.39 is 32.4 Å². The fraction of sp³-hybridized carbons (Fsp3) is 0.250. The monoisotopic (exact) mass is 425 g/mol. The van der Waals surface area contributed by atoms with Crippen LogP contribution < -0.4 is 0 Å². The summed E-state index contributed by atoms with van der Waals surface area (Å²) in [7, 11) is -3.80. The lowest BCUT2D eigenvalue weighted by Gasteiger charge is -2.16. The molecule has 0 saturated heterocycles. The molecule has 5 nitrogen and oxygen atoms in total. The van der Waals surface area contributed by atoms with Gasteiger partial charge in [0.1, 0.15) is 0 Å². The smallest absolute Gasteiger partial charge is 0.416 e. The Labute approximate surface area is 165 Å². The zero-order valence-electron chi connectivity index (χ0n) is 15.6. The Morgan fingerprint density at radius 3 is 2.38 bits per heavy atom. The van der Waals surface area contributed by atoms with E-state index in [-0.39, 0.29) is 18.5 Å². The molecule has 0 fully saturated rings. The molecule has 0 bridgehead atoms. The van der Waals surface area contributed by atoms with Crippen molar-refractivity contribution in [3.05, 3.63) is 64.8 Å². The lowest BCUT2D eigenvalue weighted by molar-refractivity contribution is -0.138. The highest BCUT2D eigenvalue weighted by Crippen LogP contribution is 2.35. The Bertz CT molecular complexity index is 1210. The van der Waals surface area contributed by atoms with Crippen LogP contribution in [-0.4, -0.2) is 30.3 Å². The number of hydrogen-bond acceptors (Lipinski definition) is 3. The van der Waals surface area contributed by atoms with E-state index in [0.29, 0.717) is 28.2 Å². The molecule has 3 rings (SSSR count). The van der Waals surface area contributed by atoms with E-state index in [2.05, 4.69) is 0 Å². The molecular weight excluding hydrogens is 407 g/mol. The summed E-state index contributed by atoms with van der Waals surface area (Å²) in [5.74, 6) is -1.04. The number of carbonyl (C=O) groups is 1. The van der Waals surface area contributed by atoms with Gasteiger partial charge in [-0.3, -0.25) is 4.79 Å². The number of aliphatic carboxylic acids is 1. The molecule has 0 spiro atoms. The van der Waals surface area contributed by atoms with Crippen LogP contribution in [0.5, 0.6) is 0 Å². The van der Waals surface area contributed by atoms with Gasteiger partial charge in [-0.2, -0.15) is 13.2 Å². The number of carboxylic acids is 1. The Morgan fingerprint density at radius 1 is 1.14 bits per heavy atom. The highest BCUT2D eigenvalue weighted by atomic mass is 32.2. The van der Waals surface area contributed by atoms with E-state index in [0.717, 1.165) is 18.4 Å². The van der Waals surface area contributed by atoms with Gasteiger partial charge in [0.25, 0.3) is 0 Å². The number of rotatable bonds is 5. The van der Waals surface area contributed by atoms with Gasteiger partial charge >= 0.3 is 12.1 Å². The molecule has 9 heteroatoms. The van der Waals surface area contributed by atoms with Crippen molar-refractivity contribution in [2.75, 3.05) is 6.26 Å². The molecule has 154 valence electrons. The number of benzene rings is 2. The fourth-order valence-electron chi connectivity index (χ4n) is 3.44. The minimum atomic E-state index is -4.74. The molecule has 0 aliphatic heterocycles. The van der Waals surface area contributed by atoms with Crippen molar-refractivity contribution < 1.29 is 31.5 Å². The summed E-state index contributed by atoms with van der Waals surface area (Å²) in [6, 6.07) is 9.85. The lowest BCUT2D eigenvalue weighted by atomic mass is 10.1. The average Bonchev–Trinajstić information content (AvgIpc) is 2.86. The topological polar surface area (TPSA) is 76.4 Å². The molecule has 29 heavy (non-hydrogen) atoms. The minimum absolute atomic E-state index is 0.101. The molecule has 0 amide bonds. The number of nitrogens with zero attached hydrogens (tertiary/aromatic N) is 1. The number of halogens is 3. The quantitative estimate of drug-likeness (QED) is 0.669. The summed E-state index contributed by atoms with van der Waals surface area (Å²) in [5.41, 5.74) is 0.568. The van der Waals surface area contributed by atoms with Crippen LogP contribution in [0.25, 0.3) is 10.9 Å². The van der Waals surface area contributed by atoms with Gasteiger partial charge < -0.3 is 9.67 Å². The SMILES string of the molecule is Cc1c(CC(=O)O)c2ccccc2n1Cc1ccc(S(C)(=O)=O)cc1C(F)(F)F. The maximum absolute atomic E-state index is 13.6. The van der Waals surface area contributed by atoms with Crippen molar-refractivity contribution in [1.29, 1.82) is 0 Å². The van der Waals surface area contributed by atoms with Crippen LogP contribution in [0.2, 0.25) is 0 Å². The van der Waals surface area contributed by atoms with Crippen LogP contribution in [0.1, 0.15) is 22.4 Å². The maximum Gasteiger partial charge on any atom is 0.416 e. The molecule has 3 aromatic rings. The fourth-order valence-corrected chi connectivity index (χ4v) is 4.09. The molecule has 2 aromatic carbocycles. The van der Waals surface area contributed by atoms with Gasteiger partial charge in [-0.15, -0.1) is 0 Å². The van der Waals surface area contributed by atoms with Gasteiger partial charge in [0.05, 0.1) is 16.9 Å². The normalized spacial score (nSPS) is 12.4. The molecule has 1 aromatic heterocycles. The van der Waals surface area contributed by atoms with Crippen LogP contribution >= 0.6 is 0 Å². The predicted molar refractivity (Wildman–Crippen MR) is 102 cm³/mol. The van der Waals surface area contributed by atoms with E-state index >= 15 is 0 Å². The molecule has 0 saturated carbocycles. The van der Waals surface area contributed by atoms with Crippen LogP contribution in [0.15, 0.2) is 47.4 Å². The Morgan fingerprint density at radius 2 is 1.79 bits per heavy atom. The van der Waals surface area contributed by atoms with Crippen LogP contribution in [0.3, 0.4) is 0 Å². The maximum atomic E-state index is 13.6. The Kier molecular flexibility index (Phi) is 5.20. The van der Waals surface area contributed by atoms with Crippen molar-refractivity contribution in [1.82, 2.24) is 4.57 Å². The van der Waals surface area contributed by atoms with Crippen molar-refractivity contribution in [3.8, 4) is 0 Å². The average molecular weight is 425 g/mol. The molecule has 0 atom stereocenters. The summed E-state index contributed by atoms with van der Waals surface area (Å²) in [5, 5.41) is 9.85. The summed E-state index contributed by atoms with van der Waals surface area (Å²) in [4.78, 5) is 10.8. The van der Waals surface area contributed by atoms with Crippen molar-refractivity contribution >= 4 is 26.7 Å². The van der Waals surface area contributed by atoms with Gasteiger partial charge in [0.2, 0.25) is 0 Å². The third-order valence-electron chi connectivity index (χ3n) is 4.83. The zero-order chi connectivity index (χ0) is 21.6. The summed E-state index contributed by atoms with van der Waals surface area (Å²) in [6.45, 7) is 1.49. The van der Waals surface area contributed by atoms with E-state index in [1.807, 2.05) is 0 Å². The second kappa shape index (κ2) is 7.22. The van der Waals surface area contributed by atoms with Crippen LogP contribution in [-0.2, 0) is 33.8 Å². The van der Waals surface area contributed by atoms with E-state index in [1.165, 1.54) is 0 Å². The Balaban J connectivity index is 2.19. The number of alkyl halides is 3. The second-order valence-corrected chi connectivity index (χ2v) is 8.84. The highest BCUT2D eigenvalue weighted by Gasteiger charge is 2.34. The number of hydrogen-bond donors (Lipinski definition) is 1.